The Labute approximate surface area is 153 Å². The molecule has 2 heterocycles. The molecule has 138 valence electrons. The minimum atomic E-state index is -0.0355. The van der Waals surface area contributed by atoms with E-state index in [1.165, 1.54) is 0 Å². The number of hydrogen-bond acceptors (Lipinski definition) is 3. The maximum atomic E-state index is 12.8. The summed E-state index contributed by atoms with van der Waals surface area (Å²) in [5.74, 6) is 0.813. The van der Waals surface area contributed by atoms with Crippen LogP contribution in [-0.2, 0) is 11.3 Å². The third kappa shape index (κ3) is 3.90. The van der Waals surface area contributed by atoms with Crippen LogP contribution in [0.1, 0.15) is 33.7 Å². The number of aromatic amines is 1. The third-order valence-electron chi connectivity index (χ3n) is 4.75. The van der Waals surface area contributed by atoms with E-state index in [1.54, 1.807) is 12.0 Å². The van der Waals surface area contributed by atoms with Gasteiger partial charge >= 0.3 is 0 Å². The molecule has 0 unspecified atom stereocenters. The van der Waals surface area contributed by atoms with Crippen LogP contribution in [0.4, 0.5) is 0 Å². The smallest absolute Gasteiger partial charge is 0.270 e. The molecule has 1 fully saturated rings. The zero-order valence-electron chi connectivity index (χ0n) is 15.5. The normalized spacial score (nSPS) is 15.1. The highest BCUT2D eigenvalue weighted by Gasteiger charge is 2.26. The first-order valence-corrected chi connectivity index (χ1v) is 8.84. The van der Waals surface area contributed by atoms with E-state index >= 15 is 0 Å². The number of H-pyrrole nitrogens is 1. The molecule has 3 rings (SSSR count). The van der Waals surface area contributed by atoms with Gasteiger partial charge in [0.05, 0.1) is 7.11 Å². The summed E-state index contributed by atoms with van der Waals surface area (Å²) in [6, 6.07) is 9.68. The second kappa shape index (κ2) is 7.64. The summed E-state index contributed by atoms with van der Waals surface area (Å²) in [4.78, 5) is 32.0. The lowest BCUT2D eigenvalue weighted by molar-refractivity contribution is -0.130. The summed E-state index contributed by atoms with van der Waals surface area (Å²) in [5, 5.41) is 0. The molecule has 1 N–H and O–H groups in total. The van der Waals surface area contributed by atoms with Gasteiger partial charge in [-0.1, -0.05) is 12.1 Å². The summed E-state index contributed by atoms with van der Waals surface area (Å²) in [6.07, 6.45) is 0.342. The lowest BCUT2D eigenvalue weighted by atomic mass is 10.2. The van der Waals surface area contributed by atoms with Crippen molar-refractivity contribution in [2.45, 2.75) is 26.8 Å². The van der Waals surface area contributed by atoms with Gasteiger partial charge in [0.1, 0.15) is 11.4 Å². The summed E-state index contributed by atoms with van der Waals surface area (Å²) in [7, 11) is 1.63. The minimum Gasteiger partial charge on any atom is -0.497 e. The second-order valence-corrected chi connectivity index (χ2v) is 6.72. The van der Waals surface area contributed by atoms with Crippen molar-refractivity contribution in [2.75, 3.05) is 26.7 Å². The zero-order chi connectivity index (χ0) is 18.7. The first-order chi connectivity index (χ1) is 12.5. The molecular weight excluding hydrogens is 330 g/mol. The standard InChI is InChI=1S/C20H25N3O3/c1-14-11-15(2)21-19(14)20(25)22-8-7-18(24)23(10-9-22)13-16-5-4-6-17(12-16)26-3/h4-6,11-12,21H,7-10,13H2,1-3H3. The quantitative estimate of drug-likeness (QED) is 0.916. The second-order valence-electron chi connectivity index (χ2n) is 6.72. The fourth-order valence-electron chi connectivity index (χ4n) is 3.34. The SMILES string of the molecule is COc1cccc(CN2CCN(C(=O)c3[nH]c(C)cc3C)CCC2=O)c1. The van der Waals surface area contributed by atoms with Crippen molar-refractivity contribution in [3.63, 3.8) is 0 Å². The van der Waals surface area contributed by atoms with Crippen LogP contribution in [-0.4, -0.2) is 53.3 Å². The minimum absolute atomic E-state index is 0.0355. The van der Waals surface area contributed by atoms with Crippen LogP contribution in [0.15, 0.2) is 30.3 Å². The average molecular weight is 355 g/mol. The molecule has 1 aliphatic rings. The molecule has 0 bridgehead atoms. The van der Waals surface area contributed by atoms with E-state index in [4.69, 9.17) is 4.74 Å². The van der Waals surface area contributed by atoms with Crippen molar-refractivity contribution in [1.29, 1.82) is 0 Å². The molecule has 0 spiro atoms. The lowest BCUT2D eigenvalue weighted by Crippen LogP contribution is -2.36. The van der Waals surface area contributed by atoms with Crippen LogP contribution in [0.3, 0.4) is 0 Å². The maximum Gasteiger partial charge on any atom is 0.270 e. The number of rotatable bonds is 4. The molecule has 1 aliphatic heterocycles. The van der Waals surface area contributed by atoms with Gasteiger partial charge in [-0.05, 0) is 43.2 Å². The molecule has 0 aliphatic carbocycles. The molecule has 0 saturated carbocycles. The average Bonchev–Trinajstić information content (AvgIpc) is 2.87. The number of benzene rings is 1. The lowest BCUT2D eigenvalue weighted by Gasteiger charge is -2.22. The molecule has 6 heteroatoms. The van der Waals surface area contributed by atoms with Crippen LogP contribution >= 0.6 is 0 Å². The number of carbonyl (C=O) groups excluding carboxylic acids is 2. The van der Waals surface area contributed by atoms with Crippen molar-refractivity contribution in [1.82, 2.24) is 14.8 Å². The van der Waals surface area contributed by atoms with Gasteiger partial charge in [0, 0.05) is 38.3 Å². The van der Waals surface area contributed by atoms with E-state index < -0.39 is 0 Å². The number of ether oxygens (including phenoxy) is 1. The number of nitrogens with zero attached hydrogens (tertiary/aromatic N) is 2. The van der Waals surface area contributed by atoms with Crippen LogP contribution < -0.4 is 4.74 Å². The highest BCUT2D eigenvalue weighted by Crippen LogP contribution is 2.18. The third-order valence-corrected chi connectivity index (χ3v) is 4.75. The number of nitrogens with one attached hydrogen (secondary N) is 1. The Balaban J connectivity index is 1.68. The van der Waals surface area contributed by atoms with Gasteiger partial charge in [0.25, 0.3) is 5.91 Å². The summed E-state index contributed by atoms with van der Waals surface area (Å²) in [6.45, 7) is 5.90. The van der Waals surface area contributed by atoms with Gasteiger partial charge in [-0.15, -0.1) is 0 Å². The molecule has 0 atom stereocenters. The summed E-state index contributed by atoms with van der Waals surface area (Å²) < 4.78 is 5.25. The molecule has 0 radical (unpaired) electrons. The number of hydrogen-bond donors (Lipinski definition) is 1. The largest absolute Gasteiger partial charge is 0.497 e. The van der Waals surface area contributed by atoms with Crippen LogP contribution in [0, 0.1) is 13.8 Å². The van der Waals surface area contributed by atoms with Crippen molar-refractivity contribution < 1.29 is 14.3 Å². The molecular formula is C20H25N3O3. The number of carbonyl (C=O) groups is 2. The first-order valence-electron chi connectivity index (χ1n) is 8.84. The van der Waals surface area contributed by atoms with E-state index in [-0.39, 0.29) is 11.8 Å². The van der Waals surface area contributed by atoms with Crippen molar-refractivity contribution in [3.05, 3.63) is 52.8 Å². The monoisotopic (exact) mass is 355 g/mol. The van der Waals surface area contributed by atoms with Crippen molar-refractivity contribution >= 4 is 11.8 Å². The van der Waals surface area contributed by atoms with E-state index in [0.717, 1.165) is 22.6 Å². The molecule has 2 amide bonds. The Morgan fingerprint density at radius 1 is 1.19 bits per heavy atom. The number of aryl methyl sites for hydroxylation is 2. The maximum absolute atomic E-state index is 12.8. The molecule has 1 aromatic carbocycles. The molecule has 2 aromatic rings. The van der Waals surface area contributed by atoms with E-state index in [1.807, 2.05) is 49.1 Å². The van der Waals surface area contributed by atoms with E-state index in [9.17, 15) is 9.59 Å². The fourth-order valence-corrected chi connectivity index (χ4v) is 3.34. The predicted molar refractivity (Wildman–Crippen MR) is 99.2 cm³/mol. The topological polar surface area (TPSA) is 65.6 Å². The predicted octanol–water partition coefficient (Wildman–Crippen LogP) is 2.51. The zero-order valence-corrected chi connectivity index (χ0v) is 15.5. The Morgan fingerprint density at radius 2 is 2.00 bits per heavy atom. The van der Waals surface area contributed by atoms with Crippen LogP contribution in [0.25, 0.3) is 0 Å². The van der Waals surface area contributed by atoms with E-state index in [0.29, 0.717) is 38.3 Å². The first kappa shape index (κ1) is 18.0. The van der Waals surface area contributed by atoms with E-state index in [2.05, 4.69) is 4.98 Å². The van der Waals surface area contributed by atoms with Gasteiger partial charge in [0.2, 0.25) is 5.91 Å². The molecule has 6 nitrogen and oxygen atoms in total. The van der Waals surface area contributed by atoms with Gasteiger partial charge in [-0.25, -0.2) is 0 Å². The van der Waals surface area contributed by atoms with Crippen LogP contribution in [0.2, 0.25) is 0 Å². The fraction of sp³-hybridized carbons (Fsp3) is 0.400. The summed E-state index contributed by atoms with van der Waals surface area (Å²) >= 11 is 0. The Morgan fingerprint density at radius 3 is 2.69 bits per heavy atom. The van der Waals surface area contributed by atoms with Crippen molar-refractivity contribution in [2.24, 2.45) is 0 Å². The molecule has 1 aromatic heterocycles. The van der Waals surface area contributed by atoms with Crippen LogP contribution in [0.5, 0.6) is 5.75 Å². The Hall–Kier alpha value is -2.76. The number of aromatic nitrogens is 1. The number of amides is 2. The molecule has 26 heavy (non-hydrogen) atoms. The number of methoxy groups -OCH3 is 1. The Bertz CT molecular complexity index is 812. The van der Waals surface area contributed by atoms with Gasteiger partial charge in [-0.3, -0.25) is 9.59 Å². The van der Waals surface area contributed by atoms with Crippen molar-refractivity contribution in [3.8, 4) is 5.75 Å². The summed E-state index contributed by atoms with van der Waals surface area (Å²) in [5.41, 5.74) is 3.55. The Kier molecular flexibility index (Phi) is 5.30. The highest BCUT2D eigenvalue weighted by atomic mass is 16.5. The van der Waals surface area contributed by atoms with Gasteiger partial charge < -0.3 is 19.5 Å². The van der Waals surface area contributed by atoms with Gasteiger partial charge in [0.15, 0.2) is 0 Å². The molecule has 1 saturated heterocycles. The highest BCUT2D eigenvalue weighted by molar-refractivity contribution is 5.94. The van der Waals surface area contributed by atoms with Gasteiger partial charge in [-0.2, -0.15) is 0 Å².